The van der Waals surface area contributed by atoms with E-state index >= 15 is 0 Å². The standard InChI is InChI=1S/C29H29NO7/c1-17(32)30-15-21-10-9-20-13-25(34-2)27(35-3)28(36-4)26(20)23-12-11-22(14-24(21)23)37-29(33)19-7-5-18(16-31)6-8-19/h5-8,11-15,21,31H,9-10,16H2,1-4H3. The molecule has 4 rings (SSSR count). The molecule has 1 aliphatic rings. The van der Waals surface area contributed by atoms with Crippen LogP contribution in [-0.4, -0.2) is 44.5 Å². The summed E-state index contributed by atoms with van der Waals surface area (Å²) in [6.07, 6.45) is 2.98. The largest absolute Gasteiger partial charge is 0.493 e. The first-order valence-electron chi connectivity index (χ1n) is 11.8. The molecule has 8 nitrogen and oxygen atoms in total. The second-order valence-electron chi connectivity index (χ2n) is 8.62. The molecule has 0 saturated heterocycles. The fraction of sp³-hybridized carbons (Fsp3) is 0.276. The number of aliphatic hydroxyl groups is 1. The Kier molecular flexibility index (Phi) is 7.89. The molecule has 1 N–H and O–H groups in total. The molecule has 0 spiro atoms. The number of aliphatic imine (C=N–C) groups is 1. The third-order valence-corrected chi connectivity index (χ3v) is 6.35. The van der Waals surface area contributed by atoms with Gasteiger partial charge >= 0.3 is 5.97 Å². The van der Waals surface area contributed by atoms with Crippen molar-refractivity contribution in [1.82, 2.24) is 0 Å². The van der Waals surface area contributed by atoms with Crippen molar-refractivity contribution in [2.24, 2.45) is 4.99 Å². The molecule has 0 saturated carbocycles. The van der Waals surface area contributed by atoms with E-state index in [2.05, 4.69) is 4.99 Å². The molecule has 1 unspecified atom stereocenters. The second kappa shape index (κ2) is 11.3. The fourth-order valence-corrected chi connectivity index (χ4v) is 4.57. The van der Waals surface area contributed by atoms with Gasteiger partial charge in [-0.25, -0.2) is 9.79 Å². The first-order valence-corrected chi connectivity index (χ1v) is 11.8. The smallest absolute Gasteiger partial charge is 0.343 e. The van der Waals surface area contributed by atoms with Gasteiger partial charge in [0.25, 0.3) is 0 Å². The summed E-state index contributed by atoms with van der Waals surface area (Å²) in [4.78, 5) is 28.5. The molecular weight excluding hydrogens is 474 g/mol. The van der Waals surface area contributed by atoms with E-state index < -0.39 is 5.97 Å². The van der Waals surface area contributed by atoms with Crippen LogP contribution in [0.1, 0.15) is 46.3 Å². The number of aliphatic hydroxyl groups excluding tert-OH is 1. The lowest BCUT2D eigenvalue weighted by atomic mass is 9.91. The van der Waals surface area contributed by atoms with Crippen molar-refractivity contribution in [3.8, 4) is 34.1 Å². The zero-order chi connectivity index (χ0) is 26.5. The van der Waals surface area contributed by atoms with Crippen molar-refractivity contribution in [3.63, 3.8) is 0 Å². The number of esters is 1. The normalized spacial score (nSPS) is 14.4. The lowest BCUT2D eigenvalue weighted by Crippen LogP contribution is -2.10. The van der Waals surface area contributed by atoms with Gasteiger partial charge in [-0.3, -0.25) is 4.79 Å². The van der Waals surface area contributed by atoms with Crippen molar-refractivity contribution in [2.75, 3.05) is 21.3 Å². The fourth-order valence-electron chi connectivity index (χ4n) is 4.57. The van der Waals surface area contributed by atoms with E-state index in [4.69, 9.17) is 18.9 Å². The van der Waals surface area contributed by atoms with Crippen LogP contribution >= 0.6 is 0 Å². The van der Waals surface area contributed by atoms with E-state index in [1.165, 1.54) is 6.92 Å². The van der Waals surface area contributed by atoms with E-state index in [-0.39, 0.29) is 18.4 Å². The zero-order valence-corrected chi connectivity index (χ0v) is 21.2. The Morgan fingerprint density at radius 1 is 1.00 bits per heavy atom. The van der Waals surface area contributed by atoms with Gasteiger partial charge in [-0.1, -0.05) is 18.2 Å². The van der Waals surface area contributed by atoms with Gasteiger partial charge in [-0.2, -0.15) is 0 Å². The number of benzene rings is 3. The number of carbonyl (C=O) groups excluding carboxylic acids is 2. The highest BCUT2D eigenvalue weighted by Gasteiger charge is 2.29. The number of ether oxygens (including phenoxy) is 4. The number of hydrogen-bond donors (Lipinski definition) is 1. The van der Waals surface area contributed by atoms with Crippen LogP contribution in [0, 0.1) is 0 Å². The molecule has 0 bridgehead atoms. The summed E-state index contributed by atoms with van der Waals surface area (Å²) < 4.78 is 22.7. The average Bonchev–Trinajstić information content (AvgIpc) is 3.06. The highest BCUT2D eigenvalue weighted by atomic mass is 16.5. The summed E-state index contributed by atoms with van der Waals surface area (Å²) in [6, 6.07) is 13.9. The van der Waals surface area contributed by atoms with Crippen LogP contribution in [0.3, 0.4) is 0 Å². The summed E-state index contributed by atoms with van der Waals surface area (Å²) >= 11 is 0. The highest BCUT2D eigenvalue weighted by Crippen LogP contribution is 2.51. The molecule has 3 aromatic carbocycles. The second-order valence-corrected chi connectivity index (χ2v) is 8.62. The Morgan fingerprint density at radius 3 is 2.35 bits per heavy atom. The predicted octanol–water partition coefficient (Wildman–Crippen LogP) is 4.74. The first-order chi connectivity index (χ1) is 17.9. The number of fused-ring (bicyclic) bond motifs is 3. The van der Waals surface area contributed by atoms with Crippen LogP contribution in [0.4, 0.5) is 0 Å². The lowest BCUT2D eigenvalue weighted by molar-refractivity contribution is -0.115. The van der Waals surface area contributed by atoms with Gasteiger partial charge in [0.05, 0.1) is 33.5 Å². The summed E-state index contributed by atoms with van der Waals surface area (Å²) in [5, 5.41) is 9.24. The van der Waals surface area contributed by atoms with Crippen molar-refractivity contribution in [1.29, 1.82) is 0 Å². The molecule has 0 aromatic heterocycles. The Morgan fingerprint density at radius 2 is 1.73 bits per heavy atom. The number of rotatable bonds is 7. The molecule has 192 valence electrons. The maximum Gasteiger partial charge on any atom is 0.343 e. The molecule has 8 heteroatoms. The topological polar surface area (TPSA) is 104 Å². The van der Waals surface area contributed by atoms with Gasteiger partial charge in [-0.05, 0) is 65.4 Å². The van der Waals surface area contributed by atoms with Crippen molar-refractivity contribution < 1.29 is 33.6 Å². The maximum absolute atomic E-state index is 12.8. The van der Waals surface area contributed by atoms with Crippen LogP contribution in [0.5, 0.6) is 23.0 Å². The average molecular weight is 504 g/mol. The minimum Gasteiger partial charge on any atom is -0.493 e. The molecule has 0 heterocycles. The van der Waals surface area contributed by atoms with Crippen molar-refractivity contribution in [3.05, 3.63) is 70.8 Å². The minimum atomic E-state index is -0.517. The zero-order valence-electron chi connectivity index (χ0n) is 21.2. The lowest BCUT2D eigenvalue weighted by Gasteiger charge is -2.20. The Labute approximate surface area is 215 Å². The van der Waals surface area contributed by atoms with Crippen LogP contribution in [0.25, 0.3) is 11.1 Å². The van der Waals surface area contributed by atoms with Gasteiger partial charge < -0.3 is 24.1 Å². The van der Waals surface area contributed by atoms with Crippen LogP contribution in [-0.2, 0) is 17.8 Å². The van der Waals surface area contributed by atoms with E-state index in [1.807, 2.05) is 12.1 Å². The van der Waals surface area contributed by atoms with Gasteiger partial charge in [-0.15, -0.1) is 0 Å². The predicted molar refractivity (Wildman–Crippen MR) is 139 cm³/mol. The first kappa shape index (κ1) is 25.9. The third-order valence-electron chi connectivity index (χ3n) is 6.35. The van der Waals surface area contributed by atoms with Gasteiger partial charge in [0, 0.05) is 24.6 Å². The minimum absolute atomic E-state index is 0.106. The Hall–Kier alpha value is -4.17. The van der Waals surface area contributed by atoms with E-state index in [0.29, 0.717) is 47.0 Å². The number of amides is 1. The number of carbonyl (C=O) groups is 2. The molecule has 37 heavy (non-hydrogen) atoms. The van der Waals surface area contributed by atoms with Crippen LogP contribution < -0.4 is 18.9 Å². The van der Waals surface area contributed by atoms with E-state index in [9.17, 15) is 14.7 Å². The molecule has 0 radical (unpaired) electrons. The molecule has 1 aliphatic carbocycles. The van der Waals surface area contributed by atoms with Crippen LogP contribution in [0.2, 0.25) is 0 Å². The summed E-state index contributed by atoms with van der Waals surface area (Å²) in [5.74, 6) is 0.917. The summed E-state index contributed by atoms with van der Waals surface area (Å²) in [7, 11) is 4.71. The van der Waals surface area contributed by atoms with Crippen molar-refractivity contribution in [2.45, 2.75) is 32.3 Å². The highest BCUT2D eigenvalue weighted by molar-refractivity contribution is 5.92. The number of nitrogens with zero attached hydrogens (tertiary/aromatic N) is 1. The molecule has 0 fully saturated rings. The van der Waals surface area contributed by atoms with Gasteiger partial charge in [0.1, 0.15) is 5.75 Å². The van der Waals surface area contributed by atoms with Crippen molar-refractivity contribution >= 4 is 18.1 Å². The summed E-state index contributed by atoms with van der Waals surface area (Å²) in [5.41, 5.74) is 4.63. The Balaban J connectivity index is 1.82. The van der Waals surface area contributed by atoms with Gasteiger partial charge in [0.15, 0.2) is 11.5 Å². The number of aryl methyl sites for hydroxylation is 1. The SMILES string of the molecule is COc1cc2c(c(OC)c1OC)-c1ccc(OC(=O)c3ccc(CO)cc3)cc1C(C=NC(C)=O)CC2. The monoisotopic (exact) mass is 503 g/mol. The van der Waals surface area contributed by atoms with E-state index in [0.717, 1.165) is 22.3 Å². The van der Waals surface area contributed by atoms with Crippen LogP contribution in [0.15, 0.2) is 53.5 Å². The number of methoxy groups -OCH3 is 3. The Bertz CT molecular complexity index is 1350. The molecule has 0 aliphatic heterocycles. The molecular formula is C29H29NO7. The molecule has 1 amide bonds. The molecule has 3 aromatic rings. The molecule has 1 atom stereocenters. The van der Waals surface area contributed by atoms with E-state index in [1.54, 1.807) is 63.9 Å². The maximum atomic E-state index is 12.8. The third kappa shape index (κ3) is 5.34. The van der Waals surface area contributed by atoms with Gasteiger partial charge in [0.2, 0.25) is 11.7 Å². The summed E-state index contributed by atoms with van der Waals surface area (Å²) in [6.45, 7) is 1.30. The quantitative estimate of drug-likeness (QED) is 0.282. The number of hydrogen-bond acceptors (Lipinski definition) is 7.